The summed E-state index contributed by atoms with van der Waals surface area (Å²) in [5.74, 6) is 1.78. The molecule has 0 atom stereocenters. The van der Waals surface area contributed by atoms with Crippen molar-refractivity contribution in [2.24, 2.45) is 0 Å². The van der Waals surface area contributed by atoms with Crippen LogP contribution in [0, 0.1) is 0 Å². The highest BCUT2D eigenvalue weighted by Gasteiger charge is 2.03. The average molecular weight is 372 g/mol. The van der Waals surface area contributed by atoms with Crippen molar-refractivity contribution in [2.75, 3.05) is 17.7 Å². The van der Waals surface area contributed by atoms with Crippen molar-refractivity contribution in [3.05, 3.63) is 59.2 Å². The molecule has 2 aromatic carbocycles. The number of hydrogen-bond donors (Lipinski definition) is 2. The highest BCUT2D eigenvalue weighted by atomic mass is 79.9. The molecule has 3 rings (SSSR count). The second-order valence-electron chi connectivity index (χ2n) is 4.65. The fourth-order valence-electron chi connectivity index (χ4n) is 1.93. The molecule has 0 spiro atoms. The van der Waals surface area contributed by atoms with Crippen LogP contribution >= 0.6 is 15.9 Å². The molecule has 116 valence electrons. The van der Waals surface area contributed by atoms with Crippen molar-refractivity contribution in [2.45, 2.75) is 0 Å². The zero-order valence-corrected chi connectivity index (χ0v) is 13.9. The van der Waals surface area contributed by atoms with Gasteiger partial charge in [0.25, 0.3) is 0 Å². The number of aromatic nitrogens is 3. The number of nitrogens with zero attached hydrogens (tertiary/aromatic N) is 3. The van der Waals surface area contributed by atoms with E-state index in [4.69, 9.17) is 4.74 Å². The van der Waals surface area contributed by atoms with E-state index in [2.05, 4.69) is 41.7 Å². The van der Waals surface area contributed by atoms with Crippen LogP contribution in [-0.2, 0) is 0 Å². The SMILES string of the molecule is COc1cccc(Nc2cnnc(Nc3ccc(Br)cc3)n2)c1. The monoisotopic (exact) mass is 371 g/mol. The Labute approximate surface area is 142 Å². The largest absolute Gasteiger partial charge is 0.497 e. The molecule has 0 unspecified atom stereocenters. The Kier molecular flexibility index (Phi) is 4.68. The molecule has 0 aliphatic heterocycles. The van der Waals surface area contributed by atoms with E-state index in [1.807, 2.05) is 48.5 Å². The minimum atomic E-state index is 0.417. The summed E-state index contributed by atoms with van der Waals surface area (Å²) in [6.45, 7) is 0. The lowest BCUT2D eigenvalue weighted by Crippen LogP contribution is -2.02. The Morgan fingerprint density at radius 3 is 2.61 bits per heavy atom. The number of ether oxygens (including phenoxy) is 1. The lowest BCUT2D eigenvalue weighted by atomic mass is 10.3. The zero-order valence-electron chi connectivity index (χ0n) is 12.3. The Balaban J connectivity index is 1.75. The van der Waals surface area contributed by atoms with Crippen LogP contribution in [0.3, 0.4) is 0 Å². The first-order chi connectivity index (χ1) is 11.2. The van der Waals surface area contributed by atoms with Crippen LogP contribution in [0.4, 0.5) is 23.1 Å². The fourth-order valence-corrected chi connectivity index (χ4v) is 2.19. The van der Waals surface area contributed by atoms with Crippen LogP contribution in [0.25, 0.3) is 0 Å². The van der Waals surface area contributed by atoms with Crippen molar-refractivity contribution >= 4 is 39.1 Å². The number of anilines is 4. The second kappa shape index (κ2) is 7.06. The minimum Gasteiger partial charge on any atom is -0.497 e. The van der Waals surface area contributed by atoms with Crippen LogP contribution in [0.5, 0.6) is 5.75 Å². The molecule has 1 heterocycles. The first kappa shape index (κ1) is 15.2. The van der Waals surface area contributed by atoms with Crippen molar-refractivity contribution in [3.63, 3.8) is 0 Å². The van der Waals surface area contributed by atoms with Gasteiger partial charge in [-0.15, -0.1) is 5.10 Å². The number of rotatable bonds is 5. The van der Waals surface area contributed by atoms with Crippen LogP contribution < -0.4 is 15.4 Å². The fraction of sp³-hybridized carbons (Fsp3) is 0.0625. The lowest BCUT2D eigenvalue weighted by Gasteiger charge is -2.08. The minimum absolute atomic E-state index is 0.417. The van der Waals surface area contributed by atoms with E-state index < -0.39 is 0 Å². The molecule has 0 aliphatic rings. The van der Waals surface area contributed by atoms with Gasteiger partial charge in [-0.05, 0) is 36.4 Å². The van der Waals surface area contributed by atoms with E-state index in [-0.39, 0.29) is 0 Å². The average Bonchev–Trinajstić information content (AvgIpc) is 2.57. The molecule has 0 radical (unpaired) electrons. The molecule has 3 aromatic rings. The lowest BCUT2D eigenvalue weighted by molar-refractivity contribution is 0.415. The molecule has 0 amide bonds. The molecular weight excluding hydrogens is 358 g/mol. The van der Waals surface area contributed by atoms with E-state index in [1.54, 1.807) is 13.3 Å². The Bertz CT molecular complexity index is 794. The first-order valence-electron chi connectivity index (χ1n) is 6.86. The highest BCUT2D eigenvalue weighted by Crippen LogP contribution is 2.21. The standard InChI is InChI=1S/C16H14BrN5O/c1-23-14-4-2-3-13(9-14)19-15-10-18-22-16(21-15)20-12-7-5-11(17)6-8-12/h2-10H,1H3,(H2,19,20,21,22). The predicted molar refractivity (Wildman–Crippen MR) is 93.5 cm³/mol. The quantitative estimate of drug-likeness (QED) is 0.702. The number of methoxy groups -OCH3 is 1. The van der Waals surface area contributed by atoms with Gasteiger partial charge >= 0.3 is 0 Å². The maximum Gasteiger partial charge on any atom is 0.249 e. The molecule has 0 aliphatic carbocycles. The van der Waals surface area contributed by atoms with Gasteiger partial charge in [0.05, 0.1) is 13.3 Å². The van der Waals surface area contributed by atoms with Crippen molar-refractivity contribution < 1.29 is 4.74 Å². The Morgan fingerprint density at radius 2 is 1.83 bits per heavy atom. The van der Waals surface area contributed by atoms with Gasteiger partial charge in [0, 0.05) is 21.9 Å². The Morgan fingerprint density at radius 1 is 1.00 bits per heavy atom. The van der Waals surface area contributed by atoms with E-state index >= 15 is 0 Å². The topological polar surface area (TPSA) is 72.0 Å². The van der Waals surface area contributed by atoms with Gasteiger partial charge in [-0.2, -0.15) is 10.1 Å². The highest BCUT2D eigenvalue weighted by molar-refractivity contribution is 9.10. The van der Waals surface area contributed by atoms with Crippen LogP contribution in [-0.4, -0.2) is 22.3 Å². The van der Waals surface area contributed by atoms with E-state index in [9.17, 15) is 0 Å². The van der Waals surface area contributed by atoms with Crippen LogP contribution in [0.1, 0.15) is 0 Å². The zero-order chi connectivity index (χ0) is 16.1. The molecule has 0 saturated carbocycles. The summed E-state index contributed by atoms with van der Waals surface area (Å²) < 4.78 is 6.21. The maximum absolute atomic E-state index is 5.20. The number of halogens is 1. The van der Waals surface area contributed by atoms with E-state index in [1.165, 1.54) is 0 Å². The second-order valence-corrected chi connectivity index (χ2v) is 5.57. The smallest absolute Gasteiger partial charge is 0.249 e. The van der Waals surface area contributed by atoms with Gasteiger partial charge in [0.2, 0.25) is 5.95 Å². The third-order valence-corrected chi connectivity index (χ3v) is 3.53. The molecule has 0 bridgehead atoms. The third kappa shape index (κ3) is 4.17. The third-order valence-electron chi connectivity index (χ3n) is 3.00. The molecule has 6 nitrogen and oxygen atoms in total. The molecule has 2 N–H and O–H groups in total. The summed E-state index contributed by atoms with van der Waals surface area (Å²) in [5, 5.41) is 14.2. The van der Waals surface area contributed by atoms with Gasteiger partial charge in [0.15, 0.2) is 5.82 Å². The molecular formula is C16H14BrN5O. The van der Waals surface area contributed by atoms with E-state index in [0.29, 0.717) is 11.8 Å². The molecule has 23 heavy (non-hydrogen) atoms. The number of benzene rings is 2. The molecule has 0 saturated heterocycles. The van der Waals surface area contributed by atoms with Crippen molar-refractivity contribution in [1.82, 2.24) is 15.2 Å². The van der Waals surface area contributed by atoms with Crippen molar-refractivity contribution in [1.29, 1.82) is 0 Å². The van der Waals surface area contributed by atoms with Crippen molar-refractivity contribution in [3.8, 4) is 5.75 Å². The summed E-state index contributed by atoms with van der Waals surface area (Å²) in [5.41, 5.74) is 1.74. The number of hydrogen-bond acceptors (Lipinski definition) is 6. The summed E-state index contributed by atoms with van der Waals surface area (Å²) in [7, 11) is 1.63. The van der Waals surface area contributed by atoms with Gasteiger partial charge < -0.3 is 15.4 Å². The summed E-state index contributed by atoms with van der Waals surface area (Å²) >= 11 is 3.40. The first-order valence-corrected chi connectivity index (χ1v) is 7.65. The van der Waals surface area contributed by atoms with Crippen LogP contribution in [0.15, 0.2) is 59.2 Å². The van der Waals surface area contributed by atoms with Crippen LogP contribution in [0.2, 0.25) is 0 Å². The molecule has 7 heteroatoms. The molecule has 1 aromatic heterocycles. The number of nitrogens with one attached hydrogen (secondary N) is 2. The van der Waals surface area contributed by atoms with Gasteiger partial charge in [-0.25, -0.2) is 0 Å². The Hall–Kier alpha value is -2.67. The maximum atomic E-state index is 5.20. The van der Waals surface area contributed by atoms with E-state index in [0.717, 1.165) is 21.6 Å². The summed E-state index contributed by atoms with van der Waals surface area (Å²) in [6.07, 6.45) is 1.56. The van der Waals surface area contributed by atoms with Gasteiger partial charge in [-0.3, -0.25) is 0 Å². The van der Waals surface area contributed by atoms with Gasteiger partial charge in [-0.1, -0.05) is 22.0 Å². The summed E-state index contributed by atoms with van der Waals surface area (Å²) in [4.78, 5) is 4.39. The normalized spacial score (nSPS) is 10.2. The molecule has 0 fully saturated rings. The summed E-state index contributed by atoms with van der Waals surface area (Å²) in [6, 6.07) is 15.3. The van der Waals surface area contributed by atoms with Gasteiger partial charge in [0.1, 0.15) is 5.75 Å². The predicted octanol–water partition coefficient (Wildman–Crippen LogP) is 4.13.